The molecule has 2 heterocycles. The van der Waals surface area contributed by atoms with Crippen molar-refractivity contribution in [3.05, 3.63) is 36.3 Å². The van der Waals surface area contributed by atoms with E-state index in [1.165, 1.54) is 0 Å². The lowest BCUT2D eigenvalue weighted by atomic mass is 10.4. The fourth-order valence-corrected chi connectivity index (χ4v) is 1.62. The Morgan fingerprint density at radius 1 is 1.18 bits per heavy atom. The topological polar surface area (TPSA) is 55.6 Å². The van der Waals surface area contributed by atoms with Gasteiger partial charge in [0.2, 0.25) is 0 Å². The molecule has 5 heteroatoms. The van der Waals surface area contributed by atoms with Gasteiger partial charge in [0.1, 0.15) is 5.82 Å². The maximum absolute atomic E-state index is 4.40. The third-order valence-electron chi connectivity index (χ3n) is 2.53. The molecule has 0 aliphatic heterocycles. The largest absolute Gasteiger partial charge is 0.311 e. The van der Waals surface area contributed by atoms with Crippen LogP contribution in [-0.2, 0) is 13.0 Å². The van der Waals surface area contributed by atoms with E-state index in [4.69, 9.17) is 0 Å². The lowest BCUT2D eigenvalue weighted by Gasteiger charge is -2.06. The first-order chi connectivity index (χ1) is 8.35. The predicted octanol–water partition coefficient (Wildman–Crippen LogP) is 1.33. The highest BCUT2D eigenvalue weighted by atomic mass is 15.1. The van der Waals surface area contributed by atoms with Gasteiger partial charge >= 0.3 is 0 Å². The number of aryl methyl sites for hydroxylation is 1. The molecule has 2 rings (SSSR count). The molecule has 0 aromatic carbocycles. The Morgan fingerprint density at radius 2 is 2.06 bits per heavy atom. The number of hydrogen-bond donors (Lipinski definition) is 1. The molecule has 0 atom stereocenters. The van der Waals surface area contributed by atoms with E-state index >= 15 is 0 Å². The van der Waals surface area contributed by atoms with E-state index in [1.54, 1.807) is 18.6 Å². The zero-order valence-electron chi connectivity index (χ0n) is 10.2. The average molecular weight is 231 g/mol. The van der Waals surface area contributed by atoms with Crippen molar-refractivity contribution in [2.45, 2.75) is 26.8 Å². The first-order valence-corrected chi connectivity index (χ1v) is 5.89. The number of hydrogen-bond acceptors (Lipinski definition) is 4. The van der Waals surface area contributed by atoms with Crippen LogP contribution in [0.4, 0.5) is 0 Å². The Hall–Kier alpha value is -1.75. The summed E-state index contributed by atoms with van der Waals surface area (Å²) in [6.45, 7) is 5.84. The zero-order valence-corrected chi connectivity index (χ0v) is 10.2. The van der Waals surface area contributed by atoms with Gasteiger partial charge in [0.15, 0.2) is 5.82 Å². The van der Waals surface area contributed by atoms with Crippen LogP contribution in [0, 0.1) is 0 Å². The summed E-state index contributed by atoms with van der Waals surface area (Å²) in [4.78, 5) is 13.0. The van der Waals surface area contributed by atoms with E-state index in [0.717, 1.165) is 36.8 Å². The highest BCUT2D eigenvalue weighted by Crippen LogP contribution is 2.07. The third kappa shape index (κ3) is 2.68. The van der Waals surface area contributed by atoms with Gasteiger partial charge in [-0.05, 0) is 6.54 Å². The lowest BCUT2D eigenvalue weighted by molar-refractivity contribution is 0.704. The van der Waals surface area contributed by atoms with Crippen molar-refractivity contribution >= 4 is 0 Å². The van der Waals surface area contributed by atoms with E-state index in [9.17, 15) is 0 Å². The van der Waals surface area contributed by atoms with Gasteiger partial charge in [-0.2, -0.15) is 0 Å². The molecule has 0 saturated heterocycles. The van der Waals surface area contributed by atoms with E-state index in [2.05, 4.69) is 34.1 Å². The van der Waals surface area contributed by atoms with Gasteiger partial charge in [0, 0.05) is 25.4 Å². The molecule has 0 spiro atoms. The maximum atomic E-state index is 4.40. The van der Waals surface area contributed by atoms with E-state index in [0.29, 0.717) is 0 Å². The Morgan fingerprint density at radius 3 is 2.71 bits per heavy atom. The lowest BCUT2D eigenvalue weighted by Crippen LogP contribution is -2.13. The van der Waals surface area contributed by atoms with Crippen LogP contribution in [0.25, 0.3) is 5.82 Å². The molecule has 2 aromatic rings. The van der Waals surface area contributed by atoms with Crippen LogP contribution < -0.4 is 5.32 Å². The van der Waals surface area contributed by atoms with Crippen LogP contribution in [0.1, 0.15) is 25.4 Å². The molecule has 0 amide bonds. The van der Waals surface area contributed by atoms with Crippen LogP contribution >= 0.6 is 0 Å². The molecule has 0 fully saturated rings. The molecule has 0 radical (unpaired) electrons. The molecule has 0 aliphatic carbocycles. The minimum absolute atomic E-state index is 0.758. The van der Waals surface area contributed by atoms with Crippen molar-refractivity contribution in [1.29, 1.82) is 0 Å². The SMILES string of the molecule is CCNCc1cnc(-n2ccnc2CC)cn1. The van der Waals surface area contributed by atoms with Gasteiger partial charge in [0.05, 0.1) is 18.1 Å². The highest BCUT2D eigenvalue weighted by Gasteiger charge is 2.04. The van der Waals surface area contributed by atoms with Gasteiger partial charge in [-0.25, -0.2) is 9.97 Å². The molecule has 17 heavy (non-hydrogen) atoms. The second-order valence-corrected chi connectivity index (χ2v) is 3.71. The summed E-state index contributed by atoms with van der Waals surface area (Å²) >= 11 is 0. The summed E-state index contributed by atoms with van der Waals surface area (Å²) in [5, 5.41) is 3.22. The van der Waals surface area contributed by atoms with Gasteiger partial charge in [0.25, 0.3) is 0 Å². The molecule has 1 N–H and O–H groups in total. The summed E-state index contributed by atoms with van der Waals surface area (Å²) in [5.74, 6) is 1.82. The standard InChI is InChI=1S/C12H17N5/c1-3-11-14-5-6-17(11)12-9-15-10(8-16-12)7-13-4-2/h5-6,8-9,13H,3-4,7H2,1-2H3. The molecule has 2 aromatic heterocycles. The van der Waals surface area contributed by atoms with Crippen LogP contribution in [0.2, 0.25) is 0 Å². The fraction of sp³-hybridized carbons (Fsp3) is 0.417. The Labute approximate surface area is 101 Å². The van der Waals surface area contributed by atoms with Crippen LogP contribution in [0.15, 0.2) is 24.8 Å². The average Bonchev–Trinajstić information content (AvgIpc) is 2.85. The van der Waals surface area contributed by atoms with Crippen molar-refractivity contribution in [3.8, 4) is 5.82 Å². The summed E-state index contributed by atoms with van der Waals surface area (Å²) in [7, 11) is 0. The van der Waals surface area contributed by atoms with Crippen molar-refractivity contribution in [2.75, 3.05) is 6.54 Å². The minimum atomic E-state index is 0.758. The quantitative estimate of drug-likeness (QED) is 0.843. The summed E-state index contributed by atoms with van der Waals surface area (Å²) in [6, 6.07) is 0. The van der Waals surface area contributed by atoms with Gasteiger partial charge in [-0.15, -0.1) is 0 Å². The van der Waals surface area contributed by atoms with Crippen molar-refractivity contribution < 1.29 is 0 Å². The summed E-state index contributed by atoms with van der Waals surface area (Å²) in [6.07, 6.45) is 8.17. The number of nitrogens with zero attached hydrogens (tertiary/aromatic N) is 4. The van der Waals surface area contributed by atoms with Gasteiger partial charge in [-0.1, -0.05) is 13.8 Å². The molecule has 5 nitrogen and oxygen atoms in total. The summed E-state index contributed by atoms with van der Waals surface area (Å²) in [5.41, 5.74) is 0.953. The van der Waals surface area contributed by atoms with Crippen LogP contribution in [0.3, 0.4) is 0 Å². The van der Waals surface area contributed by atoms with Crippen LogP contribution in [-0.4, -0.2) is 26.1 Å². The third-order valence-corrected chi connectivity index (χ3v) is 2.53. The number of rotatable bonds is 5. The summed E-state index contributed by atoms with van der Waals surface area (Å²) < 4.78 is 1.96. The molecule has 0 aliphatic rings. The van der Waals surface area contributed by atoms with Crippen molar-refractivity contribution in [1.82, 2.24) is 24.8 Å². The number of nitrogens with one attached hydrogen (secondary N) is 1. The molecule has 0 unspecified atom stereocenters. The number of aromatic nitrogens is 4. The normalized spacial score (nSPS) is 10.7. The molecular formula is C12H17N5. The Balaban J connectivity index is 2.17. The second kappa shape index (κ2) is 5.54. The second-order valence-electron chi connectivity index (χ2n) is 3.71. The fourth-order valence-electron chi connectivity index (χ4n) is 1.62. The molecule has 90 valence electrons. The zero-order chi connectivity index (χ0) is 12.1. The molecule has 0 bridgehead atoms. The van der Waals surface area contributed by atoms with Crippen LogP contribution in [0.5, 0.6) is 0 Å². The first kappa shape index (κ1) is 11.7. The highest BCUT2D eigenvalue weighted by molar-refractivity contribution is 5.21. The van der Waals surface area contributed by atoms with Gasteiger partial charge in [-0.3, -0.25) is 9.55 Å². The minimum Gasteiger partial charge on any atom is -0.311 e. The first-order valence-electron chi connectivity index (χ1n) is 5.89. The predicted molar refractivity (Wildman–Crippen MR) is 65.9 cm³/mol. The molecule has 0 saturated carbocycles. The monoisotopic (exact) mass is 231 g/mol. The number of imidazole rings is 1. The Kier molecular flexibility index (Phi) is 3.82. The van der Waals surface area contributed by atoms with E-state index < -0.39 is 0 Å². The smallest absolute Gasteiger partial charge is 0.156 e. The maximum Gasteiger partial charge on any atom is 0.156 e. The Bertz CT molecular complexity index is 460. The van der Waals surface area contributed by atoms with E-state index in [1.807, 2.05) is 10.8 Å². The van der Waals surface area contributed by atoms with E-state index in [-0.39, 0.29) is 0 Å². The van der Waals surface area contributed by atoms with Crippen molar-refractivity contribution in [3.63, 3.8) is 0 Å². The van der Waals surface area contributed by atoms with Crippen molar-refractivity contribution in [2.24, 2.45) is 0 Å². The molecular weight excluding hydrogens is 214 g/mol. The van der Waals surface area contributed by atoms with Gasteiger partial charge < -0.3 is 5.32 Å².